The van der Waals surface area contributed by atoms with Gasteiger partial charge in [0.15, 0.2) is 0 Å². The Morgan fingerprint density at radius 1 is 1.29 bits per heavy atom. The molecule has 1 aliphatic heterocycles. The summed E-state index contributed by atoms with van der Waals surface area (Å²) in [6.45, 7) is 5.04. The number of carbonyl (C=O) groups excluding carboxylic acids is 1. The summed E-state index contributed by atoms with van der Waals surface area (Å²) in [5, 5.41) is 1.94. The lowest BCUT2D eigenvalue weighted by molar-refractivity contribution is 0.103. The predicted molar refractivity (Wildman–Crippen MR) is 86.7 cm³/mol. The third-order valence-electron chi connectivity index (χ3n) is 3.93. The van der Waals surface area contributed by atoms with Gasteiger partial charge in [-0.15, -0.1) is 11.3 Å². The van der Waals surface area contributed by atoms with Gasteiger partial charge in [-0.1, -0.05) is 26.0 Å². The first kappa shape index (κ1) is 14.3. The molecule has 2 aromatic rings. The summed E-state index contributed by atoms with van der Waals surface area (Å²) in [5.74, 6) is 1.31. The molecule has 3 rings (SSSR count). The SMILES string of the molecule is CC(C)c1cc2c(c(C(=O)c3cccs3)c1)OCCCC2. The van der Waals surface area contributed by atoms with Crippen molar-refractivity contribution in [3.05, 3.63) is 51.2 Å². The standard InChI is InChI=1S/C18H20O2S/c1-12(2)14-10-13-6-3-4-8-20-18(13)15(11-14)17(19)16-7-5-9-21-16/h5,7,9-12H,3-4,6,8H2,1-2H3. The molecule has 0 bridgehead atoms. The molecule has 0 spiro atoms. The Morgan fingerprint density at radius 2 is 2.14 bits per heavy atom. The van der Waals surface area contributed by atoms with Gasteiger partial charge < -0.3 is 4.74 Å². The average Bonchev–Trinajstić information content (AvgIpc) is 2.90. The summed E-state index contributed by atoms with van der Waals surface area (Å²) >= 11 is 1.49. The van der Waals surface area contributed by atoms with Gasteiger partial charge in [0.25, 0.3) is 0 Å². The molecule has 0 amide bonds. The molecule has 0 atom stereocenters. The second kappa shape index (κ2) is 6.02. The Labute approximate surface area is 129 Å². The van der Waals surface area contributed by atoms with Crippen LogP contribution in [0.3, 0.4) is 0 Å². The van der Waals surface area contributed by atoms with Crippen molar-refractivity contribution in [2.45, 2.75) is 39.0 Å². The summed E-state index contributed by atoms with van der Waals surface area (Å²) in [7, 11) is 0. The minimum Gasteiger partial charge on any atom is -0.493 e. The Morgan fingerprint density at radius 3 is 2.86 bits per heavy atom. The van der Waals surface area contributed by atoms with E-state index in [0.717, 1.165) is 35.5 Å². The van der Waals surface area contributed by atoms with Gasteiger partial charge in [0.2, 0.25) is 5.78 Å². The van der Waals surface area contributed by atoms with E-state index in [1.54, 1.807) is 0 Å². The van der Waals surface area contributed by atoms with Crippen LogP contribution in [0.1, 0.15) is 59.0 Å². The van der Waals surface area contributed by atoms with Crippen LogP contribution in [0.5, 0.6) is 5.75 Å². The summed E-state index contributed by atoms with van der Waals surface area (Å²) in [6, 6.07) is 8.05. The van der Waals surface area contributed by atoms with Gasteiger partial charge in [-0.3, -0.25) is 4.79 Å². The first-order valence-electron chi connectivity index (χ1n) is 7.54. The molecule has 0 saturated carbocycles. The Kier molecular flexibility index (Phi) is 4.11. The fourth-order valence-corrected chi connectivity index (χ4v) is 3.38. The van der Waals surface area contributed by atoms with Crippen molar-refractivity contribution >= 4 is 17.1 Å². The summed E-state index contributed by atoms with van der Waals surface area (Å²) in [4.78, 5) is 13.6. The van der Waals surface area contributed by atoms with Crippen molar-refractivity contribution in [3.8, 4) is 5.75 Å². The Balaban J connectivity index is 2.13. The summed E-state index contributed by atoms with van der Waals surface area (Å²) < 4.78 is 5.92. The molecule has 110 valence electrons. The number of benzene rings is 1. The maximum absolute atomic E-state index is 12.8. The quantitative estimate of drug-likeness (QED) is 0.760. The van der Waals surface area contributed by atoms with Crippen LogP contribution in [-0.4, -0.2) is 12.4 Å². The zero-order valence-electron chi connectivity index (χ0n) is 12.5. The molecule has 0 aliphatic carbocycles. The van der Waals surface area contributed by atoms with E-state index in [1.165, 1.54) is 22.5 Å². The third kappa shape index (κ3) is 2.88. The average molecular weight is 300 g/mol. The molecule has 3 heteroatoms. The largest absolute Gasteiger partial charge is 0.493 e. The molecule has 21 heavy (non-hydrogen) atoms. The highest BCUT2D eigenvalue weighted by molar-refractivity contribution is 7.12. The maximum Gasteiger partial charge on any atom is 0.206 e. The van der Waals surface area contributed by atoms with Crippen molar-refractivity contribution in [1.29, 1.82) is 0 Å². The minimum absolute atomic E-state index is 0.0886. The predicted octanol–water partition coefficient (Wildman–Crippen LogP) is 4.82. The van der Waals surface area contributed by atoms with Crippen molar-refractivity contribution in [1.82, 2.24) is 0 Å². The number of ketones is 1. The zero-order valence-corrected chi connectivity index (χ0v) is 13.3. The van der Waals surface area contributed by atoms with Crippen LogP contribution in [-0.2, 0) is 6.42 Å². The first-order valence-corrected chi connectivity index (χ1v) is 8.42. The third-order valence-corrected chi connectivity index (χ3v) is 4.80. The number of carbonyl (C=O) groups is 1. The zero-order chi connectivity index (χ0) is 14.8. The second-order valence-corrected chi connectivity index (χ2v) is 6.77. The number of hydrogen-bond acceptors (Lipinski definition) is 3. The Hall–Kier alpha value is -1.61. The second-order valence-electron chi connectivity index (χ2n) is 5.82. The van der Waals surface area contributed by atoms with Gasteiger partial charge in [0, 0.05) is 0 Å². The molecular weight excluding hydrogens is 280 g/mol. The van der Waals surface area contributed by atoms with Crippen LogP contribution in [0.15, 0.2) is 29.6 Å². The normalized spacial score (nSPS) is 14.4. The molecule has 0 saturated heterocycles. The fraction of sp³-hybridized carbons (Fsp3) is 0.389. The molecule has 0 unspecified atom stereocenters. The van der Waals surface area contributed by atoms with Gasteiger partial charge in [-0.2, -0.15) is 0 Å². The van der Waals surface area contributed by atoms with E-state index in [9.17, 15) is 4.79 Å². The molecule has 0 N–H and O–H groups in total. The highest BCUT2D eigenvalue weighted by Crippen LogP contribution is 2.34. The molecule has 1 aromatic heterocycles. The molecule has 1 aliphatic rings. The van der Waals surface area contributed by atoms with Crippen LogP contribution in [0.4, 0.5) is 0 Å². The van der Waals surface area contributed by atoms with Crippen LogP contribution in [0, 0.1) is 0 Å². The summed E-state index contributed by atoms with van der Waals surface area (Å²) in [5.41, 5.74) is 3.15. The number of rotatable bonds is 3. The summed E-state index contributed by atoms with van der Waals surface area (Å²) in [6.07, 6.45) is 3.18. The van der Waals surface area contributed by atoms with Gasteiger partial charge in [0.1, 0.15) is 5.75 Å². The Bertz CT molecular complexity index is 641. The number of ether oxygens (including phenoxy) is 1. The van der Waals surface area contributed by atoms with E-state index in [-0.39, 0.29) is 5.78 Å². The molecule has 0 fully saturated rings. The van der Waals surface area contributed by atoms with Crippen LogP contribution in [0.2, 0.25) is 0 Å². The lowest BCUT2D eigenvalue weighted by Crippen LogP contribution is -2.07. The van der Waals surface area contributed by atoms with Crippen molar-refractivity contribution in [2.75, 3.05) is 6.61 Å². The topological polar surface area (TPSA) is 26.3 Å². The monoisotopic (exact) mass is 300 g/mol. The maximum atomic E-state index is 12.8. The number of aryl methyl sites for hydroxylation is 1. The molecule has 0 radical (unpaired) electrons. The number of fused-ring (bicyclic) bond motifs is 1. The van der Waals surface area contributed by atoms with Crippen molar-refractivity contribution in [2.24, 2.45) is 0 Å². The van der Waals surface area contributed by atoms with E-state index in [0.29, 0.717) is 12.5 Å². The minimum atomic E-state index is 0.0886. The van der Waals surface area contributed by atoms with Crippen molar-refractivity contribution in [3.63, 3.8) is 0 Å². The van der Waals surface area contributed by atoms with E-state index >= 15 is 0 Å². The lowest BCUT2D eigenvalue weighted by atomic mass is 9.93. The van der Waals surface area contributed by atoms with Gasteiger partial charge >= 0.3 is 0 Å². The molecule has 1 aromatic carbocycles. The van der Waals surface area contributed by atoms with E-state index in [2.05, 4.69) is 19.9 Å². The van der Waals surface area contributed by atoms with Crippen molar-refractivity contribution < 1.29 is 9.53 Å². The number of thiophene rings is 1. The molecule has 2 heterocycles. The van der Waals surface area contributed by atoms with Gasteiger partial charge in [0.05, 0.1) is 17.0 Å². The van der Waals surface area contributed by atoms with Gasteiger partial charge in [-0.05, 0) is 53.8 Å². The smallest absolute Gasteiger partial charge is 0.206 e. The van der Waals surface area contributed by atoms with Crippen LogP contribution in [0.25, 0.3) is 0 Å². The first-order chi connectivity index (χ1) is 10.2. The number of hydrogen-bond donors (Lipinski definition) is 0. The fourth-order valence-electron chi connectivity index (χ4n) is 2.70. The van der Waals surface area contributed by atoms with Gasteiger partial charge in [-0.25, -0.2) is 0 Å². The van der Waals surface area contributed by atoms with E-state index in [4.69, 9.17) is 4.74 Å². The van der Waals surface area contributed by atoms with E-state index < -0.39 is 0 Å². The highest BCUT2D eigenvalue weighted by atomic mass is 32.1. The molecular formula is C18H20O2S. The van der Waals surface area contributed by atoms with Crippen LogP contribution >= 0.6 is 11.3 Å². The van der Waals surface area contributed by atoms with Crippen LogP contribution < -0.4 is 4.74 Å². The molecule has 2 nitrogen and oxygen atoms in total. The lowest BCUT2D eigenvalue weighted by Gasteiger charge is -2.16. The highest BCUT2D eigenvalue weighted by Gasteiger charge is 2.22. The van der Waals surface area contributed by atoms with E-state index in [1.807, 2.05) is 23.6 Å².